The highest BCUT2D eigenvalue weighted by molar-refractivity contribution is 5.76. The maximum atomic E-state index is 12.5. The van der Waals surface area contributed by atoms with E-state index in [9.17, 15) is 19.8 Å². The highest BCUT2D eigenvalue weighted by Crippen LogP contribution is 2.17. The second-order valence-corrected chi connectivity index (χ2v) is 19.3. The molecule has 6 nitrogen and oxygen atoms in total. The maximum absolute atomic E-state index is 12.5. The molecule has 0 saturated heterocycles. The van der Waals surface area contributed by atoms with Crippen LogP contribution in [0.1, 0.15) is 309 Å². The summed E-state index contributed by atoms with van der Waals surface area (Å²) in [6.07, 6.45) is 60.8. The minimum Gasteiger partial charge on any atom is -0.466 e. The summed E-state index contributed by atoms with van der Waals surface area (Å²) in [5.41, 5.74) is 0. The van der Waals surface area contributed by atoms with Crippen LogP contribution >= 0.6 is 0 Å². The van der Waals surface area contributed by atoms with Crippen LogP contribution in [0.3, 0.4) is 0 Å². The normalized spacial score (nSPS) is 12.6. The topological polar surface area (TPSA) is 95.9 Å². The third-order valence-electron chi connectivity index (χ3n) is 13.1. The molecule has 0 heterocycles. The van der Waals surface area contributed by atoms with Gasteiger partial charge in [-0.15, -0.1) is 0 Å². The Kier molecular flexibility index (Phi) is 51.0. The minimum absolute atomic E-state index is 0.0203. The van der Waals surface area contributed by atoms with Gasteiger partial charge in [-0.3, -0.25) is 9.59 Å². The Labute approximate surface area is 387 Å². The minimum atomic E-state index is -0.859. The molecule has 0 aromatic carbocycles. The van der Waals surface area contributed by atoms with E-state index in [0.29, 0.717) is 19.4 Å². The molecule has 2 atom stereocenters. The number of allylic oxidation sites excluding steroid dienone is 1. The zero-order valence-electron chi connectivity index (χ0n) is 41.9. The summed E-state index contributed by atoms with van der Waals surface area (Å²) in [6.45, 7) is 4.87. The van der Waals surface area contributed by atoms with Crippen molar-refractivity contribution in [3.8, 4) is 0 Å². The lowest BCUT2D eigenvalue weighted by Crippen LogP contribution is -2.45. The van der Waals surface area contributed by atoms with Crippen molar-refractivity contribution in [3.05, 3.63) is 12.2 Å². The fourth-order valence-electron chi connectivity index (χ4n) is 8.75. The summed E-state index contributed by atoms with van der Waals surface area (Å²) in [4.78, 5) is 24.5. The third kappa shape index (κ3) is 48.1. The molecule has 368 valence electrons. The van der Waals surface area contributed by atoms with E-state index in [-0.39, 0.29) is 18.5 Å². The van der Waals surface area contributed by atoms with Gasteiger partial charge in [0.2, 0.25) is 5.91 Å². The van der Waals surface area contributed by atoms with E-state index in [1.165, 1.54) is 225 Å². The molecule has 6 heteroatoms. The monoisotopic (exact) mass is 876 g/mol. The summed E-state index contributed by atoms with van der Waals surface area (Å²) in [7, 11) is 0. The molecule has 0 aromatic heterocycles. The van der Waals surface area contributed by atoms with Crippen LogP contribution in [-0.4, -0.2) is 47.4 Å². The first-order valence-electron chi connectivity index (χ1n) is 28.0. The Bertz CT molecular complexity index is 924. The number of nitrogens with one attached hydrogen (secondary N) is 1. The zero-order chi connectivity index (χ0) is 45.1. The van der Waals surface area contributed by atoms with Gasteiger partial charge in [0.05, 0.1) is 25.4 Å². The van der Waals surface area contributed by atoms with Gasteiger partial charge in [-0.2, -0.15) is 0 Å². The fourth-order valence-corrected chi connectivity index (χ4v) is 8.75. The standard InChI is InChI=1S/C56H109NO5/c1-3-5-7-9-11-13-15-16-17-18-19-20-21-22-23-24-25-26-27-29-32-36-40-44-48-54(59)53(52-58)57-55(60)49-45-41-37-33-30-31-35-39-43-47-51-62-56(61)50-46-42-38-34-28-14-12-10-8-6-4-2/h44,48,53-54,58-59H,3-43,45-47,49-52H2,1-2H3,(H,57,60)/b48-44+. The van der Waals surface area contributed by atoms with E-state index < -0.39 is 12.1 Å². The fraction of sp³-hybridized carbons (Fsp3) is 0.929. The zero-order valence-corrected chi connectivity index (χ0v) is 41.9. The predicted octanol–water partition coefficient (Wildman–Crippen LogP) is 16.9. The van der Waals surface area contributed by atoms with Crippen LogP contribution in [0.15, 0.2) is 12.2 Å². The van der Waals surface area contributed by atoms with Gasteiger partial charge in [0.25, 0.3) is 0 Å². The number of amides is 1. The van der Waals surface area contributed by atoms with Crippen LogP contribution < -0.4 is 5.32 Å². The van der Waals surface area contributed by atoms with Crippen molar-refractivity contribution in [2.45, 2.75) is 321 Å². The number of carbonyl (C=O) groups is 2. The highest BCUT2D eigenvalue weighted by Gasteiger charge is 2.18. The first-order valence-corrected chi connectivity index (χ1v) is 28.0. The third-order valence-corrected chi connectivity index (χ3v) is 13.1. The summed E-state index contributed by atoms with van der Waals surface area (Å²) in [5, 5.41) is 23.1. The van der Waals surface area contributed by atoms with Gasteiger partial charge in [-0.25, -0.2) is 0 Å². The van der Waals surface area contributed by atoms with Gasteiger partial charge < -0.3 is 20.3 Å². The summed E-state index contributed by atoms with van der Waals surface area (Å²) >= 11 is 0. The first kappa shape index (κ1) is 60.6. The van der Waals surface area contributed by atoms with Crippen molar-refractivity contribution in [2.75, 3.05) is 13.2 Å². The maximum Gasteiger partial charge on any atom is 0.305 e. The number of hydrogen-bond donors (Lipinski definition) is 3. The van der Waals surface area contributed by atoms with Crippen LogP contribution in [0.2, 0.25) is 0 Å². The van der Waals surface area contributed by atoms with Crippen LogP contribution in [0.5, 0.6) is 0 Å². The Morgan fingerprint density at radius 1 is 0.435 bits per heavy atom. The van der Waals surface area contributed by atoms with Gasteiger partial charge in [0.15, 0.2) is 0 Å². The van der Waals surface area contributed by atoms with E-state index in [4.69, 9.17) is 4.74 Å². The molecule has 62 heavy (non-hydrogen) atoms. The molecule has 0 bridgehead atoms. The molecule has 2 unspecified atom stereocenters. The summed E-state index contributed by atoms with van der Waals surface area (Å²) < 4.78 is 5.44. The molecule has 3 N–H and O–H groups in total. The number of ether oxygens (including phenoxy) is 1. The number of aliphatic hydroxyl groups is 2. The van der Waals surface area contributed by atoms with Crippen LogP contribution in [0.25, 0.3) is 0 Å². The second-order valence-electron chi connectivity index (χ2n) is 19.3. The van der Waals surface area contributed by atoms with Gasteiger partial charge in [0.1, 0.15) is 0 Å². The van der Waals surface area contributed by atoms with Crippen LogP contribution in [-0.2, 0) is 14.3 Å². The first-order chi connectivity index (χ1) is 30.5. The number of esters is 1. The van der Waals surface area contributed by atoms with E-state index >= 15 is 0 Å². The molecule has 1 amide bonds. The summed E-state index contributed by atoms with van der Waals surface area (Å²) in [5.74, 6) is -0.107. The van der Waals surface area contributed by atoms with Crippen molar-refractivity contribution < 1.29 is 24.5 Å². The smallest absolute Gasteiger partial charge is 0.305 e. The number of carbonyl (C=O) groups excluding carboxylic acids is 2. The molecular formula is C56H109NO5. The number of unbranched alkanes of at least 4 members (excludes halogenated alkanes) is 41. The van der Waals surface area contributed by atoms with Crippen molar-refractivity contribution in [1.29, 1.82) is 0 Å². The number of aliphatic hydroxyl groups excluding tert-OH is 2. The molecule has 0 radical (unpaired) electrons. The molecular weight excluding hydrogens is 767 g/mol. The Morgan fingerprint density at radius 3 is 1.10 bits per heavy atom. The average Bonchev–Trinajstić information content (AvgIpc) is 3.27. The lowest BCUT2D eigenvalue weighted by molar-refractivity contribution is -0.143. The summed E-state index contributed by atoms with van der Waals surface area (Å²) in [6, 6.07) is -0.644. The molecule has 0 rings (SSSR count). The van der Waals surface area contributed by atoms with Crippen molar-refractivity contribution in [2.24, 2.45) is 0 Å². The molecule has 0 aliphatic rings. The lowest BCUT2D eigenvalue weighted by Gasteiger charge is -2.20. The Hall–Kier alpha value is -1.40. The molecule has 0 spiro atoms. The van der Waals surface area contributed by atoms with E-state index in [1.807, 2.05) is 6.08 Å². The molecule has 0 fully saturated rings. The van der Waals surface area contributed by atoms with E-state index in [0.717, 1.165) is 57.8 Å². The lowest BCUT2D eigenvalue weighted by atomic mass is 10.0. The van der Waals surface area contributed by atoms with E-state index in [1.54, 1.807) is 6.08 Å². The predicted molar refractivity (Wildman–Crippen MR) is 269 cm³/mol. The van der Waals surface area contributed by atoms with Crippen LogP contribution in [0.4, 0.5) is 0 Å². The average molecular weight is 876 g/mol. The van der Waals surface area contributed by atoms with Gasteiger partial charge in [0, 0.05) is 12.8 Å². The Morgan fingerprint density at radius 2 is 0.742 bits per heavy atom. The van der Waals surface area contributed by atoms with Gasteiger partial charge >= 0.3 is 5.97 Å². The molecule has 0 aromatic rings. The van der Waals surface area contributed by atoms with Crippen molar-refractivity contribution >= 4 is 11.9 Å². The van der Waals surface area contributed by atoms with Gasteiger partial charge in [-0.1, -0.05) is 276 Å². The van der Waals surface area contributed by atoms with Crippen LogP contribution in [0, 0.1) is 0 Å². The molecule has 0 aliphatic carbocycles. The largest absolute Gasteiger partial charge is 0.466 e. The van der Waals surface area contributed by atoms with Crippen molar-refractivity contribution in [1.82, 2.24) is 5.32 Å². The second kappa shape index (κ2) is 52.2. The molecule has 0 aliphatic heterocycles. The number of hydrogen-bond acceptors (Lipinski definition) is 5. The number of rotatable bonds is 52. The Balaban J connectivity index is 3.50. The SMILES string of the molecule is CCCCCCCCCCCCCCCCCCCCCCCC/C=C/C(O)C(CO)NC(=O)CCCCCCCCCCCCOC(=O)CCCCCCCCCCCCC. The van der Waals surface area contributed by atoms with Gasteiger partial charge in [-0.05, 0) is 32.1 Å². The van der Waals surface area contributed by atoms with E-state index in [2.05, 4.69) is 19.2 Å². The quantitative estimate of drug-likeness (QED) is 0.0321. The van der Waals surface area contributed by atoms with Crippen molar-refractivity contribution in [3.63, 3.8) is 0 Å². The highest BCUT2D eigenvalue weighted by atomic mass is 16.5. The molecule has 0 saturated carbocycles.